The molecule has 74 valence electrons. The van der Waals surface area contributed by atoms with E-state index in [1.165, 1.54) is 0 Å². The van der Waals surface area contributed by atoms with Gasteiger partial charge in [-0.3, -0.25) is 0 Å². The van der Waals surface area contributed by atoms with Crippen molar-refractivity contribution in [2.75, 3.05) is 0 Å². The van der Waals surface area contributed by atoms with Crippen LogP contribution in [0.25, 0.3) is 0 Å². The van der Waals surface area contributed by atoms with Gasteiger partial charge in [0.1, 0.15) is 0 Å². The van der Waals surface area contributed by atoms with E-state index in [2.05, 4.69) is 0 Å². The van der Waals surface area contributed by atoms with Gasteiger partial charge in [0, 0.05) is 0 Å². The van der Waals surface area contributed by atoms with Crippen LogP contribution in [0.15, 0.2) is 0 Å². The summed E-state index contributed by atoms with van der Waals surface area (Å²) < 4.78 is 10.0. The molecule has 0 radical (unpaired) electrons. The highest BCUT2D eigenvalue weighted by molar-refractivity contribution is 6.46. The molecular weight excluding hydrogens is 278 g/mol. The molecule has 8 heteroatoms. The Labute approximate surface area is 96.7 Å². The van der Waals surface area contributed by atoms with Crippen LogP contribution in [0.1, 0.15) is 0 Å². The van der Waals surface area contributed by atoms with Crippen molar-refractivity contribution in [2.45, 2.75) is 22.1 Å². The van der Waals surface area contributed by atoms with Crippen LogP contribution >= 0.6 is 46.4 Å². The molecule has 0 N–H and O–H groups in total. The Morgan fingerprint density at radius 2 is 1.17 bits per heavy atom. The van der Waals surface area contributed by atoms with E-state index >= 15 is 0 Å². The molecule has 12 heavy (non-hydrogen) atoms. The van der Waals surface area contributed by atoms with Crippen molar-refractivity contribution in [1.82, 2.24) is 0 Å². The molecule has 0 amide bonds. The maximum absolute atomic E-state index is 5.36. The first-order chi connectivity index (χ1) is 5.63. The predicted octanol–water partition coefficient (Wildman–Crippen LogP) is 1.55. The highest BCUT2D eigenvalue weighted by Crippen LogP contribution is 2.05. The van der Waals surface area contributed by atoms with Crippen LogP contribution in [0.5, 0.6) is 0 Å². The topological polar surface area (TPSA) is 18.5 Å². The van der Waals surface area contributed by atoms with E-state index in [0.717, 1.165) is 12.1 Å². The Balaban J connectivity index is 2.91. The maximum Gasteiger partial charge on any atom is 0.197 e. The highest BCUT2D eigenvalue weighted by atomic mass is 35.5. The molecule has 0 atom stereocenters. The molecule has 0 saturated heterocycles. The number of rotatable bonds is 7. The van der Waals surface area contributed by atoms with E-state index in [-0.39, 0.29) is 0 Å². The third-order valence-corrected chi connectivity index (χ3v) is 6.09. The first-order valence-electron chi connectivity index (χ1n) is 3.42. The monoisotopic (exact) mass is 286 g/mol. The van der Waals surface area contributed by atoms with Gasteiger partial charge in [-0.15, -0.1) is 0 Å². The van der Waals surface area contributed by atoms with Gasteiger partial charge in [0.05, 0.1) is 0 Å². The minimum atomic E-state index is -0.673. The van der Waals surface area contributed by atoms with Gasteiger partial charge < -0.3 is 8.85 Å². The molecular formula is C4H10Cl4O2Si2. The number of hydrogen-bond acceptors (Lipinski definition) is 2. The van der Waals surface area contributed by atoms with E-state index in [0.29, 0.717) is 0 Å². The fraction of sp³-hybridized carbons (Fsp3) is 1.00. The van der Waals surface area contributed by atoms with Gasteiger partial charge >= 0.3 is 0 Å². The van der Waals surface area contributed by atoms with Gasteiger partial charge in [-0.05, 0) is 12.1 Å². The van der Waals surface area contributed by atoms with Crippen LogP contribution in [0, 0.1) is 0 Å². The van der Waals surface area contributed by atoms with Gasteiger partial charge in [0.2, 0.25) is 0 Å². The van der Waals surface area contributed by atoms with Crippen molar-refractivity contribution >= 4 is 65.9 Å². The summed E-state index contributed by atoms with van der Waals surface area (Å²) in [5, 5.41) is -1.35. The summed E-state index contributed by atoms with van der Waals surface area (Å²) in [7, 11) is -1.15. The number of hydrogen-bond donors (Lipinski definition) is 0. The molecule has 0 bridgehead atoms. The molecule has 0 unspecified atom stereocenters. The molecule has 2 nitrogen and oxygen atoms in total. The Hall–Kier alpha value is 1.51. The maximum atomic E-state index is 5.36. The van der Waals surface area contributed by atoms with Gasteiger partial charge in [-0.25, -0.2) is 0 Å². The Morgan fingerprint density at radius 1 is 0.833 bits per heavy atom. The summed E-state index contributed by atoms with van der Waals surface area (Å²) in [5.74, 6) is 0. The highest BCUT2D eigenvalue weighted by Gasteiger charge is 2.00. The van der Waals surface area contributed by atoms with E-state index in [1.54, 1.807) is 0 Å². The fourth-order valence-corrected chi connectivity index (χ4v) is 3.94. The fourth-order valence-electron chi connectivity index (χ4n) is 0.549. The van der Waals surface area contributed by atoms with Crippen molar-refractivity contribution in [2.24, 2.45) is 0 Å². The van der Waals surface area contributed by atoms with Gasteiger partial charge in [-0.2, -0.15) is 0 Å². The van der Waals surface area contributed by atoms with E-state index in [4.69, 9.17) is 55.3 Å². The first-order valence-corrected chi connectivity index (χ1v) is 8.32. The van der Waals surface area contributed by atoms with E-state index in [9.17, 15) is 0 Å². The average Bonchev–Trinajstić information content (AvgIpc) is 1.95. The van der Waals surface area contributed by atoms with Crippen molar-refractivity contribution in [3.63, 3.8) is 0 Å². The SMILES string of the molecule is ClC(Cl)O[SiH2]CC[SiH2]OC(Cl)Cl. The summed E-state index contributed by atoms with van der Waals surface area (Å²) in [6.45, 7) is 0. The Kier molecular flexibility index (Phi) is 10.2. The zero-order valence-electron chi connectivity index (χ0n) is 6.31. The Bertz CT molecular complexity index is 93.1. The first kappa shape index (κ1) is 13.5. The Morgan fingerprint density at radius 3 is 1.42 bits per heavy atom. The second kappa shape index (κ2) is 9.08. The third kappa shape index (κ3) is 11.5. The van der Waals surface area contributed by atoms with Gasteiger partial charge in [0.25, 0.3) is 0 Å². The standard InChI is InChI=1S/C4H10Cl4O2Si2/c5-3(6)9-11-1-2-12-10-4(7)8/h3-4H,1-2,11-12H2. The zero-order valence-corrected chi connectivity index (χ0v) is 12.2. The molecule has 0 rings (SSSR count). The van der Waals surface area contributed by atoms with E-state index in [1.807, 2.05) is 0 Å². The molecule has 0 fully saturated rings. The van der Waals surface area contributed by atoms with Crippen LogP contribution in [-0.2, 0) is 8.85 Å². The van der Waals surface area contributed by atoms with Crippen molar-refractivity contribution < 1.29 is 8.85 Å². The molecule has 0 aliphatic rings. The lowest BCUT2D eigenvalue weighted by atomic mass is 11.0. The smallest absolute Gasteiger partial charge is 0.197 e. The van der Waals surface area contributed by atoms with Gasteiger partial charge in [-0.1, -0.05) is 46.4 Å². The lowest BCUT2D eigenvalue weighted by Gasteiger charge is -2.04. The lowest BCUT2D eigenvalue weighted by Crippen LogP contribution is -2.06. The predicted molar refractivity (Wildman–Crippen MR) is 59.9 cm³/mol. The van der Waals surface area contributed by atoms with Crippen LogP contribution in [0.3, 0.4) is 0 Å². The summed E-state index contributed by atoms with van der Waals surface area (Å²) in [5.41, 5.74) is 0. The second-order valence-corrected chi connectivity index (χ2v) is 6.90. The van der Waals surface area contributed by atoms with Crippen LogP contribution < -0.4 is 0 Å². The molecule has 0 saturated carbocycles. The molecule has 0 aliphatic carbocycles. The quantitative estimate of drug-likeness (QED) is 0.402. The summed E-state index contributed by atoms with van der Waals surface area (Å²) in [4.78, 5) is 0. The average molecular weight is 288 g/mol. The van der Waals surface area contributed by atoms with E-state index < -0.39 is 29.6 Å². The molecule has 0 heterocycles. The molecule has 0 spiro atoms. The minimum Gasteiger partial charge on any atom is -0.397 e. The number of alkyl halides is 4. The molecule has 0 aromatic carbocycles. The second-order valence-electron chi connectivity index (χ2n) is 1.97. The molecule has 0 aromatic rings. The van der Waals surface area contributed by atoms with Crippen LogP contribution in [0.2, 0.25) is 12.1 Å². The molecule has 0 aromatic heterocycles. The van der Waals surface area contributed by atoms with Gasteiger partial charge in [0.15, 0.2) is 29.6 Å². The summed E-state index contributed by atoms with van der Waals surface area (Å²) in [6.07, 6.45) is 0. The van der Waals surface area contributed by atoms with Crippen LogP contribution in [0.4, 0.5) is 0 Å². The van der Waals surface area contributed by atoms with Crippen molar-refractivity contribution in [3.8, 4) is 0 Å². The van der Waals surface area contributed by atoms with Crippen molar-refractivity contribution in [1.29, 1.82) is 0 Å². The summed E-state index contributed by atoms with van der Waals surface area (Å²) >= 11 is 21.4. The normalized spacial score (nSPS) is 13.5. The third-order valence-electron chi connectivity index (χ3n) is 1.03. The zero-order chi connectivity index (χ0) is 9.40. The minimum absolute atomic E-state index is 0.576. The number of halogens is 4. The largest absolute Gasteiger partial charge is 0.397 e. The summed E-state index contributed by atoms with van der Waals surface area (Å²) in [6, 6.07) is 2.03. The molecule has 0 aliphatic heterocycles. The van der Waals surface area contributed by atoms with Crippen LogP contribution in [-0.4, -0.2) is 29.6 Å². The lowest BCUT2D eigenvalue weighted by molar-refractivity contribution is 0.369. The van der Waals surface area contributed by atoms with Crippen molar-refractivity contribution in [3.05, 3.63) is 0 Å².